The Morgan fingerprint density at radius 2 is 2.20 bits per heavy atom. The number of nitrogens with zero attached hydrogens (tertiary/aromatic N) is 3. The number of ether oxygens (including phenoxy) is 1. The average Bonchev–Trinajstić information content (AvgIpc) is 3.10. The highest BCUT2D eigenvalue weighted by atomic mass is 16.5. The number of benzene rings is 1. The van der Waals surface area contributed by atoms with Crippen molar-refractivity contribution < 1.29 is 9.53 Å². The smallest absolute Gasteiger partial charge is 0.255 e. The van der Waals surface area contributed by atoms with Gasteiger partial charge in [-0.2, -0.15) is 5.10 Å². The Balaban J connectivity index is 1.75. The Kier molecular flexibility index (Phi) is 5.08. The van der Waals surface area contributed by atoms with Crippen LogP contribution in [0.3, 0.4) is 0 Å². The number of hydrogen-bond acceptors (Lipinski definition) is 4. The Hall–Kier alpha value is -2.34. The molecule has 6 heteroatoms. The maximum atomic E-state index is 10.9. The predicted molar refractivity (Wildman–Crippen MR) is 96.2 cm³/mol. The van der Waals surface area contributed by atoms with E-state index in [1.165, 1.54) is 23.2 Å². The molecule has 1 aromatic carbocycles. The molecule has 0 unspecified atom stereocenters. The summed E-state index contributed by atoms with van der Waals surface area (Å²) in [4.78, 5) is 13.4. The van der Waals surface area contributed by atoms with Crippen molar-refractivity contribution in [2.24, 2.45) is 12.8 Å². The van der Waals surface area contributed by atoms with Crippen LogP contribution in [-0.2, 0) is 18.4 Å². The quantitative estimate of drug-likeness (QED) is 0.874. The predicted octanol–water partition coefficient (Wildman–Crippen LogP) is 2.24. The number of aryl methyl sites for hydroxylation is 2. The SMILES string of the molecule is Cc1nn(C)c(C)c1[C@@H]1CCCN1Cc1cccc(OCC(N)=O)c1. The molecule has 1 aliphatic rings. The Bertz CT molecular complexity index is 769. The first-order valence-corrected chi connectivity index (χ1v) is 8.70. The highest BCUT2D eigenvalue weighted by Crippen LogP contribution is 2.36. The number of rotatable bonds is 6. The third-order valence-corrected chi connectivity index (χ3v) is 4.93. The molecule has 0 saturated carbocycles. The van der Waals surface area contributed by atoms with Crippen molar-refractivity contribution in [3.63, 3.8) is 0 Å². The van der Waals surface area contributed by atoms with Gasteiger partial charge in [-0.25, -0.2) is 0 Å². The van der Waals surface area contributed by atoms with Crippen LogP contribution in [0, 0.1) is 13.8 Å². The van der Waals surface area contributed by atoms with E-state index in [0.29, 0.717) is 11.8 Å². The van der Waals surface area contributed by atoms with E-state index in [0.717, 1.165) is 25.2 Å². The molecule has 6 nitrogen and oxygen atoms in total. The van der Waals surface area contributed by atoms with Crippen molar-refractivity contribution in [2.75, 3.05) is 13.2 Å². The Morgan fingerprint density at radius 1 is 1.40 bits per heavy atom. The summed E-state index contributed by atoms with van der Waals surface area (Å²) in [5.74, 6) is 0.216. The van der Waals surface area contributed by atoms with Gasteiger partial charge in [0.1, 0.15) is 5.75 Å². The van der Waals surface area contributed by atoms with Gasteiger partial charge in [0.25, 0.3) is 5.91 Å². The summed E-state index contributed by atoms with van der Waals surface area (Å²) >= 11 is 0. The first-order valence-electron chi connectivity index (χ1n) is 8.70. The minimum absolute atomic E-state index is 0.0934. The molecule has 1 amide bonds. The van der Waals surface area contributed by atoms with Crippen molar-refractivity contribution in [1.82, 2.24) is 14.7 Å². The van der Waals surface area contributed by atoms with Gasteiger partial charge in [0, 0.05) is 30.9 Å². The number of carbonyl (C=O) groups is 1. The molecule has 1 atom stereocenters. The van der Waals surface area contributed by atoms with Crippen molar-refractivity contribution in [3.05, 3.63) is 46.8 Å². The number of carbonyl (C=O) groups excluding carboxylic acids is 1. The van der Waals surface area contributed by atoms with E-state index < -0.39 is 5.91 Å². The van der Waals surface area contributed by atoms with Gasteiger partial charge < -0.3 is 10.5 Å². The lowest BCUT2D eigenvalue weighted by molar-refractivity contribution is -0.119. The van der Waals surface area contributed by atoms with Crippen LogP contribution >= 0.6 is 0 Å². The van der Waals surface area contributed by atoms with Crippen LogP contribution in [0.2, 0.25) is 0 Å². The highest BCUT2D eigenvalue weighted by molar-refractivity contribution is 5.75. The highest BCUT2D eigenvalue weighted by Gasteiger charge is 2.30. The van der Waals surface area contributed by atoms with Crippen LogP contribution in [0.4, 0.5) is 0 Å². The number of aromatic nitrogens is 2. The summed E-state index contributed by atoms with van der Waals surface area (Å²) in [6.07, 6.45) is 2.35. The average molecular weight is 342 g/mol. The van der Waals surface area contributed by atoms with Gasteiger partial charge >= 0.3 is 0 Å². The zero-order valence-corrected chi connectivity index (χ0v) is 15.2. The molecule has 25 heavy (non-hydrogen) atoms. The van der Waals surface area contributed by atoms with E-state index in [2.05, 4.69) is 29.9 Å². The van der Waals surface area contributed by atoms with Gasteiger partial charge in [-0.3, -0.25) is 14.4 Å². The molecule has 0 spiro atoms. The van der Waals surface area contributed by atoms with Gasteiger partial charge in [0.05, 0.1) is 5.69 Å². The van der Waals surface area contributed by atoms with Crippen molar-refractivity contribution >= 4 is 5.91 Å². The fourth-order valence-electron chi connectivity index (χ4n) is 3.74. The first-order chi connectivity index (χ1) is 12.0. The molecular formula is C19H26N4O2. The van der Waals surface area contributed by atoms with E-state index in [4.69, 9.17) is 10.5 Å². The normalized spacial score (nSPS) is 17.8. The lowest BCUT2D eigenvalue weighted by atomic mass is 10.0. The van der Waals surface area contributed by atoms with Crippen molar-refractivity contribution in [3.8, 4) is 5.75 Å². The van der Waals surface area contributed by atoms with Crippen molar-refractivity contribution in [2.45, 2.75) is 39.3 Å². The van der Waals surface area contributed by atoms with Gasteiger partial charge in [-0.1, -0.05) is 12.1 Å². The monoisotopic (exact) mass is 342 g/mol. The van der Waals surface area contributed by atoms with Crippen LogP contribution in [-0.4, -0.2) is 33.7 Å². The molecule has 0 bridgehead atoms. The van der Waals surface area contributed by atoms with Crippen LogP contribution in [0.15, 0.2) is 24.3 Å². The zero-order valence-electron chi connectivity index (χ0n) is 15.2. The molecule has 2 heterocycles. The fourth-order valence-corrected chi connectivity index (χ4v) is 3.74. The lowest BCUT2D eigenvalue weighted by Crippen LogP contribution is -2.24. The molecule has 1 fully saturated rings. The van der Waals surface area contributed by atoms with E-state index >= 15 is 0 Å². The maximum Gasteiger partial charge on any atom is 0.255 e. The summed E-state index contributed by atoms with van der Waals surface area (Å²) in [6.45, 7) is 6.07. The van der Waals surface area contributed by atoms with Gasteiger partial charge in [0.2, 0.25) is 0 Å². The summed E-state index contributed by atoms with van der Waals surface area (Å²) in [7, 11) is 2.00. The van der Waals surface area contributed by atoms with Gasteiger partial charge in [0.15, 0.2) is 6.61 Å². The molecule has 2 N–H and O–H groups in total. The molecule has 1 saturated heterocycles. The zero-order chi connectivity index (χ0) is 18.0. The van der Waals surface area contributed by atoms with E-state index in [1.807, 2.05) is 29.9 Å². The van der Waals surface area contributed by atoms with Crippen molar-refractivity contribution in [1.29, 1.82) is 0 Å². The van der Waals surface area contributed by atoms with Crippen LogP contribution < -0.4 is 10.5 Å². The summed E-state index contributed by atoms with van der Waals surface area (Å²) < 4.78 is 7.39. The standard InChI is InChI=1S/C19H26N4O2/c1-13-19(14(2)22(3)21-13)17-8-5-9-23(17)11-15-6-4-7-16(10-15)25-12-18(20)24/h4,6-7,10,17H,5,8-9,11-12H2,1-3H3,(H2,20,24)/t17-/m0/s1. The second-order valence-electron chi connectivity index (χ2n) is 6.74. The number of primary amides is 1. The minimum Gasteiger partial charge on any atom is -0.484 e. The molecule has 2 aromatic rings. The number of amides is 1. The fraction of sp³-hybridized carbons (Fsp3) is 0.474. The largest absolute Gasteiger partial charge is 0.484 e. The third kappa shape index (κ3) is 3.85. The Labute approximate surface area is 148 Å². The van der Waals surface area contributed by atoms with Gasteiger partial charge in [-0.05, 0) is 50.9 Å². The second-order valence-corrected chi connectivity index (χ2v) is 6.74. The first kappa shape index (κ1) is 17.5. The molecule has 3 rings (SSSR count). The number of likely N-dealkylation sites (tertiary alicyclic amines) is 1. The molecule has 134 valence electrons. The molecule has 1 aliphatic heterocycles. The summed E-state index contributed by atoms with van der Waals surface area (Å²) in [6, 6.07) is 8.29. The topological polar surface area (TPSA) is 73.4 Å². The summed E-state index contributed by atoms with van der Waals surface area (Å²) in [5, 5.41) is 4.58. The summed E-state index contributed by atoms with van der Waals surface area (Å²) in [5.41, 5.74) is 10.0. The lowest BCUT2D eigenvalue weighted by Gasteiger charge is -2.25. The number of hydrogen-bond donors (Lipinski definition) is 1. The minimum atomic E-state index is -0.465. The van der Waals surface area contributed by atoms with E-state index in [-0.39, 0.29) is 6.61 Å². The maximum absolute atomic E-state index is 10.9. The molecule has 1 aromatic heterocycles. The second kappa shape index (κ2) is 7.27. The van der Waals surface area contributed by atoms with Crippen LogP contribution in [0.1, 0.15) is 41.4 Å². The molecular weight excluding hydrogens is 316 g/mol. The van der Waals surface area contributed by atoms with E-state index in [9.17, 15) is 4.79 Å². The molecule has 0 radical (unpaired) electrons. The van der Waals surface area contributed by atoms with Crippen LogP contribution in [0.5, 0.6) is 5.75 Å². The van der Waals surface area contributed by atoms with Gasteiger partial charge in [-0.15, -0.1) is 0 Å². The third-order valence-electron chi connectivity index (χ3n) is 4.93. The van der Waals surface area contributed by atoms with Crippen LogP contribution in [0.25, 0.3) is 0 Å². The van der Waals surface area contributed by atoms with E-state index in [1.54, 1.807) is 0 Å². The number of nitrogens with two attached hydrogens (primary N) is 1. The molecule has 0 aliphatic carbocycles. The Morgan fingerprint density at radius 3 is 2.88 bits per heavy atom.